The first-order valence-corrected chi connectivity index (χ1v) is 4.61. The van der Waals surface area contributed by atoms with Crippen LogP contribution in [0, 0.1) is 11.6 Å². The number of ether oxygens (including phenoxy) is 1. The first-order chi connectivity index (χ1) is 7.24. The van der Waals surface area contributed by atoms with Gasteiger partial charge in [-0.3, -0.25) is 0 Å². The molecule has 5 heteroatoms. The highest BCUT2D eigenvalue weighted by atomic mass is 19.2. The zero-order valence-electron chi connectivity index (χ0n) is 8.17. The van der Waals surface area contributed by atoms with Crippen LogP contribution in [0.1, 0.15) is 0 Å². The Bertz CT molecular complexity index is 307. The van der Waals surface area contributed by atoms with E-state index in [-0.39, 0.29) is 13.2 Å². The van der Waals surface area contributed by atoms with Crippen molar-refractivity contribution in [1.29, 1.82) is 0 Å². The molecular weight excluding hydrogens is 204 g/mol. The fourth-order valence-electron chi connectivity index (χ4n) is 1.04. The second-order valence-electron chi connectivity index (χ2n) is 2.89. The van der Waals surface area contributed by atoms with Crippen molar-refractivity contribution >= 4 is 5.69 Å². The van der Waals surface area contributed by atoms with Crippen LogP contribution in [0.25, 0.3) is 0 Å². The van der Waals surface area contributed by atoms with E-state index in [4.69, 9.17) is 9.84 Å². The lowest BCUT2D eigenvalue weighted by atomic mass is 10.3. The van der Waals surface area contributed by atoms with Crippen molar-refractivity contribution in [3.8, 4) is 0 Å². The summed E-state index contributed by atoms with van der Waals surface area (Å²) in [5.41, 5.74) is 0.501. The van der Waals surface area contributed by atoms with E-state index in [1.54, 1.807) is 0 Å². The van der Waals surface area contributed by atoms with Gasteiger partial charge in [-0.1, -0.05) is 0 Å². The summed E-state index contributed by atoms with van der Waals surface area (Å²) in [6, 6.07) is 3.60. The Morgan fingerprint density at radius 3 is 2.67 bits per heavy atom. The SMILES string of the molecule is OCCOCCNc1ccc(F)c(F)c1. The van der Waals surface area contributed by atoms with Gasteiger partial charge in [-0.05, 0) is 12.1 Å². The number of aliphatic hydroxyl groups is 1. The van der Waals surface area contributed by atoms with Gasteiger partial charge in [0.1, 0.15) is 0 Å². The van der Waals surface area contributed by atoms with Crippen LogP contribution in [0.2, 0.25) is 0 Å². The van der Waals surface area contributed by atoms with E-state index in [1.165, 1.54) is 6.07 Å². The van der Waals surface area contributed by atoms with Gasteiger partial charge in [0, 0.05) is 18.3 Å². The second kappa shape index (κ2) is 6.31. The number of rotatable bonds is 6. The second-order valence-corrected chi connectivity index (χ2v) is 2.89. The third kappa shape index (κ3) is 4.22. The summed E-state index contributed by atoms with van der Waals surface area (Å²) in [6.07, 6.45) is 0. The van der Waals surface area contributed by atoms with Crippen molar-refractivity contribution in [3.63, 3.8) is 0 Å². The molecule has 0 unspecified atom stereocenters. The van der Waals surface area contributed by atoms with Crippen LogP contribution in [0.3, 0.4) is 0 Å². The number of halogens is 2. The molecule has 1 aromatic carbocycles. The highest BCUT2D eigenvalue weighted by molar-refractivity contribution is 5.43. The molecule has 0 heterocycles. The molecule has 0 aliphatic rings. The minimum atomic E-state index is -0.878. The minimum Gasteiger partial charge on any atom is -0.394 e. The molecule has 0 aliphatic carbocycles. The van der Waals surface area contributed by atoms with E-state index < -0.39 is 11.6 Å². The normalized spacial score (nSPS) is 10.3. The number of hydrogen-bond acceptors (Lipinski definition) is 3. The molecule has 1 aromatic rings. The summed E-state index contributed by atoms with van der Waals surface area (Å²) in [5, 5.41) is 11.3. The molecule has 0 fully saturated rings. The maximum Gasteiger partial charge on any atom is 0.160 e. The number of hydrogen-bond donors (Lipinski definition) is 2. The van der Waals surface area contributed by atoms with Crippen molar-refractivity contribution in [3.05, 3.63) is 29.8 Å². The van der Waals surface area contributed by atoms with Gasteiger partial charge in [-0.15, -0.1) is 0 Å². The molecule has 1 rings (SSSR count). The van der Waals surface area contributed by atoms with E-state index in [0.29, 0.717) is 18.8 Å². The Labute approximate surface area is 86.7 Å². The molecule has 0 aromatic heterocycles. The molecule has 0 radical (unpaired) electrons. The summed E-state index contributed by atoms with van der Waals surface area (Å²) in [5.74, 6) is -1.74. The number of anilines is 1. The van der Waals surface area contributed by atoms with E-state index >= 15 is 0 Å². The van der Waals surface area contributed by atoms with Gasteiger partial charge in [0.15, 0.2) is 11.6 Å². The predicted molar refractivity (Wildman–Crippen MR) is 52.8 cm³/mol. The van der Waals surface area contributed by atoms with Crippen LogP contribution in [0.4, 0.5) is 14.5 Å². The Hall–Kier alpha value is -1.20. The molecule has 0 bridgehead atoms. The van der Waals surface area contributed by atoms with E-state index in [2.05, 4.69) is 5.32 Å². The van der Waals surface area contributed by atoms with Gasteiger partial charge in [-0.25, -0.2) is 8.78 Å². The quantitative estimate of drug-likeness (QED) is 0.707. The molecule has 3 nitrogen and oxygen atoms in total. The van der Waals surface area contributed by atoms with Crippen molar-refractivity contribution in [2.75, 3.05) is 31.7 Å². The molecular formula is C10H13F2NO2. The summed E-state index contributed by atoms with van der Waals surface area (Å²) in [4.78, 5) is 0. The van der Waals surface area contributed by atoms with Gasteiger partial charge in [0.25, 0.3) is 0 Å². The maximum absolute atomic E-state index is 12.7. The van der Waals surface area contributed by atoms with Gasteiger partial charge < -0.3 is 15.2 Å². The largest absolute Gasteiger partial charge is 0.394 e. The van der Waals surface area contributed by atoms with Gasteiger partial charge in [-0.2, -0.15) is 0 Å². The standard InChI is InChI=1S/C10H13F2NO2/c11-9-2-1-8(7-10(9)12)13-3-5-15-6-4-14/h1-2,7,13-14H,3-6H2. The lowest BCUT2D eigenvalue weighted by Crippen LogP contribution is -2.11. The zero-order valence-corrected chi connectivity index (χ0v) is 8.17. The van der Waals surface area contributed by atoms with E-state index in [1.807, 2.05) is 0 Å². The van der Waals surface area contributed by atoms with Gasteiger partial charge in [0.05, 0.1) is 19.8 Å². The molecule has 0 atom stereocenters. The summed E-state index contributed by atoms with van der Waals surface area (Å²) in [7, 11) is 0. The van der Waals surface area contributed by atoms with Crippen LogP contribution in [-0.4, -0.2) is 31.5 Å². The van der Waals surface area contributed by atoms with Gasteiger partial charge in [0.2, 0.25) is 0 Å². The zero-order chi connectivity index (χ0) is 11.1. The highest BCUT2D eigenvalue weighted by Gasteiger charge is 2.01. The van der Waals surface area contributed by atoms with Crippen molar-refractivity contribution in [2.45, 2.75) is 0 Å². The molecule has 15 heavy (non-hydrogen) atoms. The first-order valence-electron chi connectivity index (χ1n) is 4.61. The molecule has 0 spiro atoms. The van der Waals surface area contributed by atoms with Crippen LogP contribution in [-0.2, 0) is 4.74 Å². The monoisotopic (exact) mass is 217 g/mol. The van der Waals surface area contributed by atoms with Crippen LogP contribution < -0.4 is 5.32 Å². The molecule has 84 valence electrons. The first kappa shape index (κ1) is 11.9. The van der Waals surface area contributed by atoms with E-state index in [9.17, 15) is 8.78 Å². The third-order valence-corrected chi connectivity index (χ3v) is 1.73. The van der Waals surface area contributed by atoms with Gasteiger partial charge >= 0.3 is 0 Å². The number of nitrogens with one attached hydrogen (secondary N) is 1. The Morgan fingerprint density at radius 1 is 1.20 bits per heavy atom. The molecule has 0 saturated heterocycles. The third-order valence-electron chi connectivity index (χ3n) is 1.73. The Kier molecular flexibility index (Phi) is 5.00. The fourth-order valence-corrected chi connectivity index (χ4v) is 1.04. The van der Waals surface area contributed by atoms with Crippen molar-refractivity contribution in [1.82, 2.24) is 0 Å². The predicted octanol–water partition coefficient (Wildman–Crippen LogP) is 1.39. The summed E-state index contributed by atoms with van der Waals surface area (Å²) in [6.45, 7) is 1.13. The Balaban J connectivity index is 2.28. The van der Waals surface area contributed by atoms with Crippen molar-refractivity contribution in [2.24, 2.45) is 0 Å². The lowest BCUT2D eigenvalue weighted by Gasteiger charge is -2.06. The summed E-state index contributed by atoms with van der Waals surface area (Å²) >= 11 is 0. The topological polar surface area (TPSA) is 41.5 Å². The molecule has 0 saturated carbocycles. The van der Waals surface area contributed by atoms with Crippen LogP contribution >= 0.6 is 0 Å². The lowest BCUT2D eigenvalue weighted by molar-refractivity contribution is 0.0992. The smallest absolute Gasteiger partial charge is 0.160 e. The number of aliphatic hydroxyl groups excluding tert-OH is 1. The average molecular weight is 217 g/mol. The average Bonchev–Trinajstić information content (AvgIpc) is 2.23. The van der Waals surface area contributed by atoms with Crippen LogP contribution in [0.15, 0.2) is 18.2 Å². The van der Waals surface area contributed by atoms with E-state index in [0.717, 1.165) is 12.1 Å². The number of benzene rings is 1. The molecule has 0 amide bonds. The fraction of sp³-hybridized carbons (Fsp3) is 0.400. The minimum absolute atomic E-state index is 0.0226. The van der Waals surface area contributed by atoms with Crippen LogP contribution in [0.5, 0.6) is 0 Å². The maximum atomic E-state index is 12.7. The Morgan fingerprint density at radius 2 is 2.00 bits per heavy atom. The molecule has 2 N–H and O–H groups in total. The van der Waals surface area contributed by atoms with Crippen molar-refractivity contribution < 1.29 is 18.6 Å². The molecule has 0 aliphatic heterocycles. The summed E-state index contributed by atoms with van der Waals surface area (Å²) < 4.78 is 30.2. The highest BCUT2D eigenvalue weighted by Crippen LogP contribution is 2.12.